The van der Waals surface area contributed by atoms with Crippen molar-refractivity contribution < 1.29 is 5.11 Å². The first-order chi connectivity index (χ1) is 7.11. The lowest BCUT2D eigenvalue weighted by atomic mass is 9.83. The van der Waals surface area contributed by atoms with Gasteiger partial charge in [-0.2, -0.15) is 0 Å². The third-order valence-electron chi connectivity index (χ3n) is 2.87. The molecule has 0 heterocycles. The molecule has 1 rings (SSSR count). The van der Waals surface area contributed by atoms with E-state index in [0.717, 1.165) is 12.1 Å². The minimum atomic E-state index is -0.767. The molecule has 0 aromatic heterocycles. The summed E-state index contributed by atoms with van der Waals surface area (Å²) in [6.45, 7) is 7.62. The van der Waals surface area contributed by atoms with E-state index in [0.29, 0.717) is 6.54 Å². The number of aliphatic hydroxyl groups is 1. The van der Waals surface area contributed by atoms with Crippen LogP contribution in [0.4, 0.5) is 0 Å². The summed E-state index contributed by atoms with van der Waals surface area (Å²) in [4.78, 5) is 0. The fourth-order valence-electron chi connectivity index (χ4n) is 1.68. The number of likely N-dealkylation sites (N-methyl/N-ethyl adjacent to an activating group) is 1. The highest BCUT2D eigenvalue weighted by Crippen LogP contribution is 2.28. The molecule has 0 aliphatic rings. The molecule has 0 saturated heterocycles. The van der Waals surface area contributed by atoms with Crippen LogP contribution in [0.15, 0.2) is 30.3 Å². The summed E-state index contributed by atoms with van der Waals surface area (Å²) in [6.07, 6.45) is 0. The molecule has 1 unspecified atom stereocenters. The van der Waals surface area contributed by atoms with Gasteiger partial charge in [-0.25, -0.2) is 0 Å². The molecule has 0 saturated carbocycles. The second-order valence-corrected chi connectivity index (χ2v) is 4.23. The Morgan fingerprint density at radius 1 is 1.27 bits per heavy atom. The maximum absolute atomic E-state index is 10.6. The molecule has 2 nitrogen and oxygen atoms in total. The van der Waals surface area contributed by atoms with Crippen LogP contribution in [-0.2, 0) is 5.60 Å². The topological polar surface area (TPSA) is 32.3 Å². The van der Waals surface area contributed by atoms with E-state index in [1.165, 1.54) is 0 Å². The second kappa shape index (κ2) is 5.29. The zero-order valence-corrected chi connectivity index (χ0v) is 9.83. The van der Waals surface area contributed by atoms with Gasteiger partial charge in [-0.3, -0.25) is 0 Å². The van der Waals surface area contributed by atoms with E-state index in [9.17, 15) is 5.11 Å². The number of hydrogen-bond acceptors (Lipinski definition) is 2. The quantitative estimate of drug-likeness (QED) is 0.775. The van der Waals surface area contributed by atoms with Crippen molar-refractivity contribution in [2.24, 2.45) is 5.92 Å². The first-order valence-corrected chi connectivity index (χ1v) is 5.60. The normalized spacial score (nSPS) is 15.3. The van der Waals surface area contributed by atoms with Crippen LogP contribution >= 0.6 is 0 Å². The Labute approximate surface area is 92.3 Å². The molecule has 0 fully saturated rings. The van der Waals surface area contributed by atoms with E-state index in [1.54, 1.807) is 0 Å². The van der Waals surface area contributed by atoms with Gasteiger partial charge in [-0.05, 0) is 18.0 Å². The van der Waals surface area contributed by atoms with Crippen molar-refractivity contribution in [2.45, 2.75) is 26.4 Å². The second-order valence-electron chi connectivity index (χ2n) is 4.23. The molecule has 0 aliphatic carbocycles. The fourth-order valence-corrected chi connectivity index (χ4v) is 1.68. The van der Waals surface area contributed by atoms with E-state index in [-0.39, 0.29) is 5.92 Å². The van der Waals surface area contributed by atoms with E-state index in [4.69, 9.17) is 0 Å². The molecule has 2 heteroatoms. The predicted octanol–water partition coefficient (Wildman–Crippen LogP) is 2.14. The molecule has 1 atom stereocenters. The molecule has 84 valence electrons. The van der Waals surface area contributed by atoms with Gasteiger partial charge in [0.15, 0.2) is 0 Å². The minimum absolute atomic E-state index is 0.193. The molecule has 15 heavy (non-hydrogen) atoms. The van der Waals surface area contributed by atoms with Gasteiger partial charge in [0.1, 0.15) is 5.60 Å². The number of rotatable bonds is 5. The Hall–Kier alpha value is -0.860. The van der Waals surface area contributed by atoms with Gasteiger partial charge in [-0.15, -0.1) is 0 Å². The molecular formula is C13H21NO. The van der Waals surface area contributed by atoms with E-state index in [2.05, 4.69) is 5.32 Å². The van der Waals surface area contributed by atoms with Crippen molar-refractivity contribution >= 4 is 0 Å². The molecule has 1 aromatic carbocycles. The van der Waals surface area contributed by atoms with Crippen molar-refractivity contribution in [1.82, 2.24) is 5.32 Å². The molecule has 1 aromatic rings. The summed E-state index contributed by atoms with van der Waals surface area (Å²) in [5.41, 5.74) is 0.220. The largest absolute Gasteiger partial charge is 0.384 e. The van der Waals surface area contributed by atoms with Gasteiger partial charge in [0.2, 0.25) is 0 Å². The zero-order chi connectivity index (χ0) is 11.3. The van der Waals surface area contributed by atoms with Crippen LogP contribution in [0.1, 0.15) is 26.3 Å². The minimum Gasteiger partial charge on any atom is -0.384 e. The third-order valence-corrected chi connectivity index (χ3v) is 2.87. The lowest BCUT2D eigenvalue weighted by Crippen LogP contribution is -2.42. The number of hydrogen-bond donors (Lipinski definition) is 2. The van der Waals surface area contributed by atoms with Crippen LogP contribution in [0.25, 0.3) is 0 Å². The van der Waals surface area contributed by atoms with Crippen molar-refractivity contribution in [1.29, 1.82) is 0 Å². The van der Waals surface area contributed by atoms with Crippen molar-refractivity contribution in [3.05, 3.63) is 35.9 Å². The average molecular weight is 207 g/mol. The van der Waals surface area contributed by atoms with E-state index < -0.39 is 5.60 Å². The van der Waals surface area contributed by atoms with Gasteiger partial charge < -0.3 is 10.4 Å². The molecule has 0 spiro atoms. The Kier molecular flexibility index (Phi) is 4.30. The summed E-state index contributed by atoms with van der Waals surface area (Å²) in [5.74, 6) is 0.193. The maximum Gasteiger partial charge on any atom is 0.104 e. The van der Waals surface area contributed by atoms with E-state index in [1.807, 2.05) is 51.1 Å². The van der Waals surface area contributed by atoms with Gasteiger partial charge >= 0.3 is 0 Å². The number of nitrogens with one attached hydrogen (secondary N) is 1. The van der Waals surface area contributed by atoms with Crippen LogP contribution in [0.5, 0.6) is 0 Å². The number of benzene rings is 1. The maximum atomic E-state index is 10.6. The van der Waals surface area contributed by atoms with Gasteiger partial charge in [0.05, 0.1) is 0 Å². The first kappa shape index (κ1) is 12.2. The van der Waals surface area contributed by atoms with Crippen LogP contribution in [-0.4, -0.2) is 18.2 Å². The summed E-state index contributed by atoms with van der Waals surface area (Å²) in [6, 6.07) is 9.87. The van der Waals surface area contributed by atoms with Crippen LogP contribution in [0.3, 0.4) is 0 Å². The monoisotopic (exact) mass is 207 g/mol. The van der Waals surface area contributed by atoms with Crippen molar-refractivity contribution in [3.63, 3.8) is 0 Å². The Morgan fingerprint density at radius 3 is 2.33 bits per heavy atom. The average Bonchev–Trinajstić information content (AvgIpc) is 2.27. The molecule has 2 N–H and O–H groups in total. The molecule has 0 amide bonds. The van der Waals surface area contributed by atoms with Crippen LogP contribution in [0, 0.1) is 5.92 Å². The SMILES string of the molecule is CCNCC(O)(c1ccccc1)C(C)C. The molecule has 0 bridgehead atoms. The van der Waals surface area contributed by atoms with Gasteiger partial charge in [0.25, 0.3) is 0 Å². The lowest BCUT2D eigenvalue weighted by Gasteiger charge is -2.33. The van der Waals surface area contributed by atoms with Crippen LogP contribution < -0.4 is 5.32 Å². The molecule has 0 aliphatic heterocycles. The highest BCUT2D eigenvalue weighted by Gasteiger charge is 2.32. The third kappa shape index (κ3) is 2.80. The zero-order valence-electron chi connectivity index (χ0n) is 9.83. The van der Waals surface area contributed by atoms with Gasteiger partial charge in [-0.1, -0.05) is 51.1 Å². The highest BCUT2D eigenvalue weighted by atomic mass is 16.3. The molecular weight excluding hydrogens is 186 g/mol. The predicted molar refractivity (Wildman–Crippen MR) is 63.7 cm³/mol. The van der Waals surface area contributed by atoms with Crippen molar-refractivity contribution in [2.75, 3.05) is 13.1 Å². The smallest absolute Gasteiger partial charge is 0.104 e. The highest BCUT2D eigenvalue weighted by molar-refractivity contribution is 5.23. The Bertz CT molecular complexity index is 284. The van der Waals surface area contributed by atoms with Gasteiger partial charge in [0, 0.05) is 6.54 Å². The summed E-state index contributed by atoms with van der Waals surface area (Å²) in [7, 11) is 0. The standard InChI is InChI=1S/C13H21NO/c1-4-14-10-13(15,11(2)3)12-8-6-5-7-9-12/h5-9,11,14-15H,4,10H2,1-3H3. The van der Waals surface area contributed by atoms with Crippen molar-refractivity contribution in [3.8, 4) is 0 Å². The Morgan fingerprint density at radius 2 is 1.87 bits per heavy atom. The molecule has 0 radical (unpaired) electrons. The summed E-state index contributed by atoms with van der Waals surface area (Å²) < 4.78 is 0. The van der Waals surface area contributed by atoms with Crippen LogP contribution in [0.2, 0.25) is 0 Å². The summed E-state index contributed by atoms with van der Waals surface area (Å²) >= 11 is 0. The summed E-state index contributed by atoms with van der Waals surface area (Å²) in [5, 5.41) is 13.8. The first-order valence-electron chi connectivity index (χ1n) is 5.60. The fraction of sp³-hybridized carbons (Fsp3) is 0.538. The Balaban J connectivity index is 2.91. The van der Waals surface area contributed by atoms with E-state index >= 15 is 0 Å². The lowest BCUT2D eigenvalue weighted by molar-refractivity contribution is -0.00875.